The summed E-state index contributed by atoms with van der Waals surface area (Å²) in [5.74, 6) is 1.17. The smallest absolute Gasteiger partial charge is 0.242 e. The van der Waals surface area contributed by atoms with E-state index in [1.165, 1.54) is 0 Å². The number of nitrogens with one attached hydrogen (secondary N) is 1. The molecule has 17 heavy (non-hydrogen) atoms. The summed E-state index contributed by atoms with van der Waals surface area (Å²) in [4.78, 5) is 18.2. The van der Waals surface area contributed by atoms with Gasteiger partial charge < -0.3 is 14.8 Å². The Morgan fingerprint density at radius 2 is 2.24 bits per heavy atom. The molecule has 1 aromatic rings. The molecule has 2 rings (SSSR count). The molecule has 1 amide bonds. The molecule has 1 aliphatic rings. The molecule has 1 aromatic heterocycles. The quantitative estimate of drug-likeness (QED) is 0.826. The highest BCUT2D eigenvalue weighted by Gasteiger charge is 2.34. The number of nitrogens with zero attached hydrogens (tertiary/aromatic N) is 3. The molecule has 94 valence electrons. The Bertz CT molecular complexity index is 410. The molecule has 0 atom stereocenters. The van der Waals surface area contributed by atoms with Gasteiger partial charge in [0, 0.05) is 38.6 Å². The Labute approximate surface area is 102 Å². The molecule has 5 nitrogen and oxygen atoms in total. The van der Waals surface area contributed by atoms with Gasteiger partial charge in [0.1, 0.15) is 5.82 Å². The third-order valence-corrected chi connectivity index (χ3v) is 3.31. The maximum Gasteiger partial charge on any atom is 0.242 e. The number of rotatable bonds is 3. The van der Waals surface area contributed by atoms with Crippen molar-refractivity contribution < 1.29 is 4.79 Å². The van der Waals surface area contributed by atoms with Crippen molar-refractivity contribution in [1.29, 1.82) is 0 Å². The Hall–Kier alpha value is -1.36. The lowest BCUT2D eigenvalue weighted by atomic mass is 10.0. The number of aryl methyl sites for hydroxylation is 1. The van der Waals surface area contributed by atoms with Crippen LogP contribution in [-0.4, -0.2) is 45.5 Å². The Kier molecular flexibility index (Phi) is 3.19. The summed E-state index contributed by atoms with van der Waals surface area (Å²) >= 11 is 0. The lowest BCUT2D eigenvalue weighted by molar-refractivity contribution is -0.139. The number of imidazole rings is 1. The van der Waals surface area contributed by atoms with Crippen LogP contribution in [0.25, 0.3) is 0 Å². The average Bonchev–Trinajstić information content (AvgIpc) is 2.66. The second kappa shape index (κ2) is 4.49. The third kappa shape index (κ3) is 2.49. The van der Waals surface area contributed by atoms with Crippen LogP contribution in [-0.2, 0) is 11.3 Å². The van der Waals surface area contributed by atoms with Crippen molar-refractivity contribution >= 4 is 5.91 Å². The molecule has 1 aliphatic heterocycles. The van der Waals surface area contributed by atoms with Gasteiger partial charge in [-0.1, -0.05) is 0 Å². The first-order valence-corrected chi connectivity index (χ1v) is 6.03. The van der Waals surface area contributed by atoms with Gasteiger partial charge in [-0.2, -0.15) is 0 Å². The molecule has 0 aliphatic carbocycles. The standard InChI is InChI=1S/C12H20N4O/c1-10-13-4-6-15(10)8-9-16-7-5-14-12(2,3)11(16)17/h4,6,14H,5,7-9H2,1-3H3. The molecule has 1 saturated heterocycles. The van der Waals surface area contributed by atoms with Crippen molar-refractivity contribution in [3.63, 3.8) is 0 Å². The highest BCUT2D eigenvalue weighted by atomic mass is 16.2. The molecule has 1 N–H and O–H groups in total. The first-order valence-electron chi connectivity index (χ1n) is 6.03. The van der Waals surface area contributed by atoms with Crippen LogP contribution < -0.4 is 5.32 Å². The lowest BCUT2D eigenvalue weighted by Gasteiger charge is -2.38. The van der Waals surface area contributed by atoms with Gasteiger partial charge in [0.05, 0.1) is 5.54 Å². The number of aromatic nitrogens is 2. The van der Waals surface area contributed by atoms with E-state index in [1.54, 1.807) is 6.20 Å². The van der Waals surface area contributed by atoms with Gasteiger partial charge in [-0.15, -0.1) is 0 Å². The van der Waals surface area contributed by atoms with Crippen LogP contribution in [0.5, 0.6) is 0 Å². The van der Waals surface area contributed by atoms with E-state index in [9.17, 15) is 4.79 Å². The first kappa shape index (κ1) is 12.1. The topological polar surface area (TPSA) is 50.2 Å². The number of piperazine rings is 1. The van der Waals surface area contributed by atoms with Crippen LogP contribution in [0.15, 0.2) is 12.4 Å². The summed E-state index contributed by atoms with van der Waals surface area (Å²) in [6, 6.07) is 0. The largest absolute Gasteiger partial charge is 0.338 e. The Balaban J connectivity index is 1.95. The van der Waals surface area contributed by atoms with Crippen molar-refractivity contribution in [3.8, 4) is 0 Å². The molecule has 1 fully saturated rings. The Morgan fingerprint density at radius 1 is 1.47 bits per heavy atom. The van der Waals surface area contributed by atoms with Gasteiger partial charge in [-0.05, 0) is 20.8 Å². The third-order valence-electron chi connectivity index (χ3n) is 3.31. The van der Waals surface area contributed by atoms with Crippen LogP contribution >= 0.6 is 0 Å². The van der Waals surface area contributed by atoms with E-state index in [0.29, 0.717) is 0 Å². The summed E-state index contributed by atoms with van der Waals surface area (Å²) in [5, 5.41) is 3.23. The van der Waals surface area contributed by atoms with Crippen LogP contribution in [0.1, 0.15) is 19.7 Å². The van der Waals surface area contributed by atoms with E-state index >= 15 is 0 Å². The van der Waals surface area contributed by atoms with E-state index in [0.717, 1.165) is 32.0 Å². The van der Waals surface area contributed by atoms with Gasteiger partial charge >= 0.3 is 0 Å². The highest BCUT2D eigenvalue weighted by molar-refractivity contribution is 5.86. The van der Waals surface area contributed by atoms with Crippen LogP contribution in [0.4, 0.5) is 0 Å². The summed E-state index contributed by atoms with van der Waals surface area (Å²) < 4.78 is 2.07. The highest BCUT2D eigenvalue weighted by Crippen LogP contribution is 2.12. The monoisotopic (exact) mass is 236 g/mol. The molecule has 5 heteroatoms. The molecule has 0 unspecified atom stereocenters. The number of hydrogen-bond donors (Lipinski definition) is 1. The zero-order valence-corrected chi connectivity index (χ0v) is 10.7. The van der Waals surface area contributed by atoms with E-state index in [4.69, 9.17) is 0 Å². The maximum atomic E-state index is 12.1. The summed E-state index contributed by atoms with van der Waals surface area (Å²) in [7, 11) is 0. The molecule has 0 bridgehead atoms. The van der Waals surface area contributed by atoms with Gasteiger partial charge in [0.15, 0.2) is 0 Å². The fraction of sp³-hybridized carbons (Fsp3) is 0.667. The number of carbonyl (C=O) groups excluding carboxylic acids is 1. The van der Waals surface area contributed by atoms with Gasteiger partial charge in [-0.3, -0.25) is 4.79 Å². The van der Waals surface area contributed by atoms with Crippen LogP contribution in [0.3, 0.4) is 0 Å². The van der Waals surface area contributed by atoms with E-state index < -0.39 is 5.54 Å². The average molecular weight is 236 g/mol. The molecular weight excluding hydrogens is 216 g/mol. The van der Waals surface area contributed by atoms with E-state index in [-0.39, 0.29) is 5.91 Å². The number of amides is 1. The normalized spacial score (nSPS) is 19.7. The van der Waals surface area contributed by atoms with Crippen molar-refractivity contribution in [2.75, 3.05) is 19.6 Å². The van der Waals surface area contributed by atoms with Crippen molar-refractivity contribution in [3.05, 3.63) is 18.2 Å². The Morgan fingerprint density at radius 3 is 2.88 bits per heavy atom. The summed E-state index contributed by atoms with van der Waals surface area (Å²) in [6.07, 6.45) is 3.74. The predicted octanol–water partition coefficient (Wildman–Crippen LogP) is 0.402. The SMILES string of the molecule is Cc1nccn1CCN1CCNC(C)(C)C1=O. The fourth-order valence-corrected chi connectivity index (χ4v) is 2.16. The minimum atomic E-state index is -0.428. The van der Waals surface area contributed by atoms with E-state index in [1.807, 2.05) is 31.9 Å². The van der Waals surface area contributed by atoms with Gasteiger partial charge in [-0.25, -0.2) is 4.98 Å². The van der Waals surface area contributed by atoms with Crippen molar-refractivity contribution in [2.24, 2.45) is 0 Å². The second-order valence-electron chi connectivity index (χ2n) is 5.01. The molecule has 0 saturated carbocycles. The number of carbonyl (C=O) groups is 1. The summed E-state index contributed by atoms with van der Waals surface area (Å²) in [5.41, 5.74) is -0.428. The molecule has 2 heterocycles. The maximum absolute atomic E-state index is 12.1. The minimum absolute atomic E-state index is 0.182. The van der Waals surface area contributed by atoms with Crippen molar-refractivity contribution in [1.82, 2.24) is 19.8 Å². The van der Waals surface area contributed by atoms with Gasteiger partial charge in [0.25, 0.3) is 0 Å². The lowest BCUT2D eigenvalue weighted by Crippen LogP contribution is -2.61. The second-order valence-corrected chi connectivity index (χ2v) is 5.01. The van der Waals surface area contributed by atoms with Crippen molar-refractivity contribution in [2.45, 2.75) is 32.9 Å². The fourth-order valence-electron chi connectivity index (χ4n) is 2.16. The molecule has 0 spiro atoms. The van der Waals surface area contributed by atoms with Crippen LogP contribution in [0.2, 0.25) is 0 Å². The van der Waals surface area contributed by atoms with Crippen LogP contribution in [0, 0.1) is 6.92 Å². The predicted molar refractivity (Wildman–Crippen MR) is 65.6 cm³/mol. The molecule has 0 aromatic carbocycles. The minimum Gasteiger partial charge on any atom is -0.338 e. The van der Waals surface area contributed by atoms with Gasteiger partial charge in [0.2, 0.25) is 5.91 Å². The summed E-state index contributed by atoms with van der Waals surface area (Å²) in [6.45, 7) is 9.06. The van der Waals surface area contributed by atoms with E-state index in [2.05, 4.69) is 14.9 Å². The first-order chi connectivity index (χ1) is 8.00. The molecule has 0 radical (unpaired) electrons. The molecular formula is C12H20N4O. The number of hydrogen-bond acceptors (Lipinski definition) is 3. The zero-order chi connectivity index (χ0) is 12.5. The zero-order valence-electron chi connectivity index (χ0n) is 10.7.